The molecule has 0 amide bonds. The van der Waals surface area contributed by atoms with Crippen molar-refractivity contribution in [3.63, 3.8) is 0 Å². The van der Waals surface area contributed by atoms with Crippen LogP contribution in [0.15, 0.2) is 75.9 Å². The second kappa shape index (κ2) is 49.1. The van der Waals surface area contributed by atoms with Gasteiger partial charge >= 0.3 is 35.8 Å². The zero-order valence-corrected chi connectivity index (χ0v) is 24.2. The van der Waals surface area contributed by atoms with Gasteiger partial charge in [0.1, 0.15) is 0 Å². The molecule has 0 aromatic heterocycles. The van der Waals surface area contributed by atoms with Crippen LogP contribution in [0.4, 0.5) is 0 Å². The van der Waals surface area contributed by atoms with Crippen LogP contribution in [-0.4, -0.2) is 102 Å². The van der Waals surface area contributed by atoms with E-state index in [2.05, 4.69) is 53.3 Å². The molecule has 0 saturated carbocycles. The Morgan fingerprint density at radius 3 is 0.548 bits per heavy atom. The highest BCUT2D eigenvalue weighted by Gasteiger charge is 2.24. The van der Waals surface area contributed by atoms with Crippen molar-refractivity contribution in [2.45, 2.75) is 33.6 Å². The van der Waals surface area contributed by atoms with E-state index < -0.39 is 41.2 Å². The number of rotatable bonds is 10. The molecular formula is C27H46O15. The largest absolute Gasteiger partial charge is 0.478 e. The van der Waals surface area contributed by atoms with Gasteiger partial charge in [-0.2, -0.15) is 0 Å². The van der Waals surface area contributed by atoms with E-state index in [0.717, 1.165) is 36.5 Å². The number of hydrogen-bond acceptors (Lipinski definition) is 9. The number of aliphatic carboxylic acids is 6. The lowest BCUT2D eigenvalue weighted by atomic mass is 9.88. The Bertz CT molecular complexity index is 623. The molecule has 42 heavy (non-hydrogen) atoms. The van der Waals surface area contributed by atoms with Gasteiger partial charge in [-0.1, -0.05) is 66.7 Å². The number of carboxylic acid groups (broad SMARTS) is 6. The molecule has 0 spiro atoms. The van der Waals surface area contributed by atoms with Crippen LogP contribution in [0.5, 0.6) is 0 Å². The van der Waals surface area contributed by atoms with E-state index in [1.54, 1.807) is 0 Å². The first kappa shape index (κ1) is 57.1. The molecule has 15 nitrogen and oxygen atoms in total. The number of aliphatic hydroxyl groups excluding tert-OH is 3. The van der Waals surface area contributed by atoms with Gasteiger partial charge in [-0.05, 0) is 6.42 Å². The fourth-order valence-electron chi connectivity index (χ4n) is 0.485. The minimum absolute atomic E-state index is 0.156. The molecule has 0 aliphatic rings. The molecule has 9 N–H and O–H groups in total. The normalized spacial score (nSPS) is 7.57. The Morgan fingerprint density at radius 2 is 0.548 bits per heavy atom. The Morgan fingerprint density at radius 1 is 0.452 bits per heavy atom. The van der Waals surface area contributed by atoms with E-state index in [1.807, 2.05) is 6.92 Å². The molecule has 0 aromatic carbocycles. The van der Waals surface area contributed by atoms with Crippen LogP contribution in [0.3, 0.4) is 0 Å². The summed E-state index contributed by atoms with van der Waals surface area (Å²) in [7, 11) is 0. The van der Waals surface area contributed by atoms with E-state index in [0.29, 0.717) is 6.42 Å². The van der Waals surface area contributed by atoms with Gasteiger partial charge in [-0.15, -0.1) is 0 Å². The van der Waals surface area contributed by atoms with Gasteiger partial charge in [0.15, 0.2) is 0 Å². The summed E-state index contributed by atoms with van der Waals surface area (Å²) < 4.78 is 0. The SMILES string of the molecule is C=CC(=O)O.C=CC(=O)O.C=CC(=O)O.C=CC(=O)O.C=CC(=O)O.C=CC(=O)O.CCC.CCC(CO)(CO)CO. The topological polar surface area (TPSA) is 284 Å². The molecule has 0 rings (SSSR count). The third-order valence-electron chi connectivity index (χ3n) is 2.80. The molecule has 0 aliphatic carbocycles. The molecule has 15 heteroatoms. The van der Waals surface area contributed by atoms with E-state index >= 15 is 0 Å². The summed E-state index contributed by atoms with van der Waals surface area (Å²) in [4.78, 5) is 55.5. The van der Waals surface area contributed by atoms with Crippen LogP contribution in [0.25, 0.3) is 0 Å². The van der Waals surface area contributed by atoms with Crippen LogP contribution < -0.4 is 0 Å². The van der Waals surface area contributed by atoms with Gasteiger partial charge in [0.05, 0.1) is 19.8 Å². The van der Waals surface area contributed by atoms with Crippen LogP contribution in [0.2, 0.25) is 0 Å². The number of carbonyl (C=O) groups is 6. The number of aliphatic hydroxyl groups is 3. The third kappa shape index (κ3) is 112. The zero-order chi connectivity index (χ0) is 35.7. The lowest BCUT2D eigenvalue weighted by Crippen LogP contribution is -2.32. The second-order valence-electron chi connectivity index (χ2n) is 6.29. The van der Waals surface area contributed by atoms with Crippen LogP contribution >= 0.6 is 0 Å². The summed E-state index contributed by atoms with van der Waals surface area (Å²) in [5, 5.41) is 71.6. The molecule has 0 saturated heterocycles. The van der Waals surface area contributed by atoms with Gasteiger partial charge in [0, 0.05) is 41.9 Å². The predicted molar refractivity (Wildman–Crippen MR) is 157 cm³/mol. The molecule has 0 bridgehead atoms. The predicted octanol–water partition coefficient (Wildman–Crippen LogP) is 2.32. The van der Waals surface area contributed by atoms with Crippen molar-refractivity contribution in [3.8, 4) is 0 Å². The molecule has 0 radical (unpaired) electrons. The van der Waals surface area contributed by atoms with Gasteiger partial charge in [-0.3, -0.25) is 0 Å². The van der Waals surface area contributed by atoms with Gasteiger partial charge in [0.25, 0.3) is 0 Å². The standard InChI is InChI=1S/C6H14O3.6C3H4O2.C3H8/c1-2-6(3-7,4-8)5-9;6*1-2-3(4)5;1-3-2/h7-9H,2-5H2,1H3;6*2H,1H2,(H,4,5);3H2,1-2H3. The first-order valence-corrected chi connectivity index (χ1v) is 11.2. The molecule has 0 aromatic rings. The van der Waals surface area contributed by atoms with Crippen molar-refractivity contribution in [2.24, 2.45) is 5.41 Å². The zero-order valence-electron chi connectivity index (χ0n) is 24.2. The number of carboxylic acids is 6. The molecule has 0 aliphatic heterocycles. The molecule has 244 valence electrons. The van der Waals surface area contributed by atoms with Crippen molar-refractivity contribution in [1.82, 2.24) is 0 Å². The summed E-state index contributed by atoms with van der Waals surface area (Å²) >= 11 is 0. The molecule has 0 fully saturated rings. The quantitative estimate of drug-likeness (QED) is 0.160. The van der Waals surface area contributed by atoms with Crippen LogP contribution in [-0.2, 0) is 28.8 Å². The van der Waals surface area contributed by atoms with Crippen LogP contribution in [0, 0.1) is 5.41 Å². The molecular weight excluding hydrogens is 564 g/mol. The van der Waals surface area contributed by atoms with Crippen molar-refractivity contribution < 1.29 is 74.7 Å². The van der Waals surface area contributed by atoms with E-state index in [9.17, 15) is 28.8 Å². The van der Waals surface area contributed by atoms with E-state index in [-0.39, 0.29) is 19.8 Å². The first-order valence-electron chi connectivity index (χ1n) is 11.2. The lowest BCUT2D eigenvalue weighted by molar-refractivity contribution is -0.132. The van der Waals surface area contributed by atoms with Crippen LogP contribution in [0.1, 0.15) is 33.6 Å². The molecule has 0 unspecified atom stereocenters. The third-order valence-corrected chi connectivity index (χ3v) is 2.80. The summed E-state index contributed by atoms with van der Waals surface area (Å²) in [6.07, 6.45) is 6.84. The second-order valence-corrected chi connectivity index (χ2v) is 6.29. The maximum Gasteiger partial charge on any atom is 0.327 e. The minimum Gasteiger partial charge on any atom is -0.478 e. The van der Waals surface area contributed by atoms with Crippen molar-refractivity contribution in [1.29, 1.82) is 0 Å². The lowest BCUT2D eigenvalue weighted by Gasteiger charge is -2.24. The summed E-state index contributed by atoms with van der Waals surface area (Å²) in [6, 6.07) is 0. The Labute approximate surface area is 245 Å². The average molecular weight is 611 g/mol. The Balaban J connectivity index is -0.0000000534. The highest BCUT2D eigenvalue weighted by molar-refractivity contribution is 5.80. The maximum atomic E-state index is 9.25. The molecule has 0 atom stereocenters. The monoisotopic (exact) mass is 610 g/mol. The Kier molecular flexibility index (Phi) is 66.8. The van der Waals surface area contributed by atoms with Gasteiger partial charge in [0.2, 0.25) is 0 Å². The highest BCUT2D eigenvalue weighted by Crippen LogP contribution is 2.18. The minimum atomic E-state index is -0.981. The summed E-state index contributed by atoms with van der Waals surface area (Å²) in [5.74, 6) is -5.89. The Hall–Kier alpha value is -4.86. The number of hydrogen-bond donors (Lipinski definition) is 9. The van der Waals surface area contributed by atoms with Crippen molar-refractivity contribution >= 4 is 35.8 Å². The summed E-state index contributed by atoms with van der Waals surface area (Å²) in [5.41, 5.74) is -0.667. The smallest absolute Gasteiger partial charge is 0.327 e. The molecule has 0 heterocycles. The van der Waals surface area contributed by atoms with Crippen molar-refractivity contribution in [3.05, 3.63) is 75.9 Å². The highest BCUT2D eigenvalue weighted by atomic mass is 16.4. The fraction of sp³-hybridized carbons (Fsp3) is 0.333. The summed E-state index contributed by atoms with van der Waals surface area (Å²) in [6.45, 7) is 23.4. The first-order chi connectivity index (χ1) is 19.3. The van der Waals surface area contributed by atoms with Gasteiger partial charge in [-0.25, -0.2) is 28.8 Å². The van der Waals surface area contributed by atoms with E-state index in [1.165, 1.54) is 6.42 Å². The average Bonchev–Trinajstić information content (AvgIpc) is 2.96. The van der Waals surface area contributed by atoms with E-state index in [4.69, 9.17) is 46.0 Å². The van der Waals surface area contributed by atoms with Gasteiger partial charge < -0.3 is 46.0 Å². The maximum absolute atomic E-state index is 9.25. The fourth-order valence-corrected chi connectivity index (χ4v) is 0.485. The van der Waals surface area contributed by atoms with Crippen molar-refractivity contribution in [2.75, 3.05) is 19.8 Å².